The Morgan fingerprint density at radius 3 is 2.73 bits per heavy atom. The molecule has 7 heteroatoms. The van der Waals surface area contributed by atoms with Crippen molar-refractivity contribution in [2.24, 2.45) is 5.73 Å². The van der Waals surface area contributed by atoms with E-state index in [-0.39, 0.29) is 17.6 Å². The minimum Gasteiger partial charge on any atom is -0.323 e. The summed E-state index contributed by atoms with van der Waals surface area (Å²) in [6.45, 7) is 0.604. The second-order valence-electron chi connectivity index (χ2n) is 5.18. The van der Waals surface area contributed by atoms with Crippen LogP contribution in [0.2, 0.25) is 0 Å². The molecule has 6 nitrogen and oxygen atoms in total. The fourth-order valence-electron chi connectivity index (χ4n) is 2.63. The van der Waals surface area contributed by atoms with Crippen molar-refractivity contribution in [3.8, 4) is 0 Å². The van der Waals surface area contributed by atoms with Crippen LogP contribution < -0.4 is 10.6 Å². The molecule has 1 unspecified atom stereocenters. The van der Waals surface area contributed by atoms with E-state index in [1.807, 2.05) is 11.4 Å². The van der Waals surface area contributed by atoms with E-state index in [2.05, 4.69) is 0 Å². The van der Waals surface area contributed by atoms with Crippen molar-refractivity contribution >= 4 is 28.6 Å². The number of nitro benzene ring substituents is 1. The lowest BCUT2D eigenvalue weighted by molar-refractivity contribution is -0.384. The molecule has 1 amide bonds. The highest BCUT2D eigenvalue weighted by molar-refractivity contribution is 7.10. The number of hydrogen-bond acceptors (Lipinski definition) is 5. The maximum Gasteiger partial charge on any atom is 0.269 e. The molecule has 1 aromatic heterocycles. The standard InChI is InChI=1S/C15H15N3O3S/c16-12-2-1-8-17(13-7-9-22-14(12)13)15(19)10-3-5-11(6-4-10)18(20)21/h3-7,9,12H,1-2,8,16H2. The number of anilines is 1. The smallest absolute Gasteiger partial charge is 0.269 e. The van der Waals surface area contributed by atoms with Crippen molar-refractivity contribution in [2.45, 2.75) is 18.9 Å². The fourth-order valence-corrected chi connectivity index (χ4v) is 3.56. The number of nitrogens with two attached hydrogens (primary N) is 1. The molecule has 1 aromatic carbocycles. The largest absolute Gasteiger partial charge is 0.323 e. The summed E-state index contributed by atoms with van der Waals surface area (Å²) < 4.78 is 0. The average molecular weight is 317 g/mol. The lowest BCUT2D eigenvalue weighted by Crippen LogP contribution is -2.31. The molecular weight excluding hydrogens is 302 g/mol. The first kappa shape index (κ1) is 14.7. The fraction of sp³-hybridized carbons (Fsp3) is 0.267. The number of hydrogen-bond donors (Lipinski definition) is 1. The van der Waals surface area contributed by atoms with Crippen LogP contribution in [-0.2, 0) is 0 Å². The van der Waals surface area contributed by atoms with Crippen LogP contribution in [0.15, 0.2) is 35.7 Å². The number of amides is 1. The number of nitrogens with zero attached hydrogens (tertiary/aromatic N) is 2. The van der Waals surface area contributed by atoms with E-state index in [0.29, 0.717) is 12.1 Å². The van der Waals surface area contributed by atoms with Crippen LogP contribution in [0, 0.1) is 10.1 Å². The molecule has 2 aromatic rings. The summed E-state index contributed by atoms with van der Waals surface area (Å²) in [5.41, 5.74) is 7.42. The highest BCUT2D eigenvalue weighted by atomic mass is 32.1. The molecule has 0 bridgehead atoms. The van der Waals surface area contributed by atoms with Gasteiger partial charge in [-0.15, -0.1) is 11.3 Å². The van der Waals surface area contributed by atoms with Gasteiger partial charge in [-0.2, -0.15) is 0 Å². The van der Waals surface area contributed by atoms with Crippen molar-refractivity contribution in [3.05, 3.63) is 56.3 Å². The van der Waals surface area contributed by atoms with Crippen molar-refractivity contribution in [2.75, 3.05) is 11.4 Å². The van der Waals surface area contributed by atoms with Gasteiger partial charge in [0.1, 0.15) is 0 Å². The molecule has 1 aliphatic rings. The number of non-ortho nitro benzene ring substituents is 1. The topological polar surface area (TPSA) is 89.5 Å². The van der Waals surface area contributed by atoms with Crippen LogP contribution in [0.25, 0.3) is 0 Å². The number of rotatable bonds is 2. The van der Waals surface area contributed by atoms with Gasteiger partial charge < -0.3 is 10.6 Å². The average Bonchev–Trinajstić information content (AvgIpc) is 2.94. The van der Waals surface area contributed by atoms with Crippen molar-refractivity contribution < 1.29 is 9.72 Å². The first-order valence-corrected chi connectivity index (χ1v) is 7.85. The maximum atomic E-state index is 12.7. The maximum absolute atomic E-state index is 12.7. The van der Waals surface area contributed by atoms with Gasteiger partial charge in [-0.3, -0.25) is 14.9 Å². The summed E-state index contributed by atoms with van der Waals surface area (Å²) in [5.74, 6) is -0.149. The number of fused-ring (bicyclic) bond motifs is 1. The Labute approximate surface area is 131 Å². The molecular formula is C15H15N3O3S. The van der Waals surface area contributed by atoms with Gasteiger partial charge in [0, 0.05) is 35.2 Å². The Balaban J connectivity index is 1.92. The molecule has 1 atom stereocenters. The number of benzene rings is 1. The number of thiophene rings is 1. The van der Waals surface area contributed by atoms with Gasteiger partial charge in [0.25, 0.3) is 11.6 Å². The van der Waals surface area contributed by atoms with Gasteiger partial charge >= 0.3 is 0 Å². The van der Waals surface area contributed by atoms with Gasteiger partial charge in [-0.05, 0) is 36.4 Å². The minimum absolute atomic E-state index is 0.0225. The SMILES string of the molecule is NC1CCCN(C(=O)c2ccc([N+](=O)[O-])cc2)c2ccsc21. The van der Waals surface area contributed by atoms with Crippen LogP contribution in [0.5, 0.6) is 0 Å². The molecule has 3 rings (SSSR count). The molecule has 114 valence electrons. The Morgan fingerprint density at radius 1 is 1.32 bits per heavy atom. The van der Waals surface area contributed by atoms with Crippen molar-refractivity contribution in [1.29, 1.82) is 0 Å². The summed E-state index contributed by atoms with van der Waals surface area (Å²) in [5, 5.41) is 12.6. The third kappa shape index (κ3) is 2.60. The van der Waals surface area contributed by atoms with Crippen LogP contribution in [-0.4, -0.2) is 17.4 Å². The van der Waals surface area contributed by atoms with E-state index in [4.69, 9.17) is 5.73 Å². The van der Waals surface area contributed by atoms with Gasteiger partial charge in [0.05, 0.1) is 10.6 Å². The molecule has 0 radical (unpaired) electrons. The first-order chi connectivity index (χ1) is 10.6. The highest BCUT2D eigenvalue weighted by Gasteiger charge is 2.26. The lowest BCUT2D eigenvalue weighted by Gasteiger charge is -2.21. The summed E-state index contributed by atoms with van der Waals surface area (Å²) in [6, 6.07) is 7.57. The number of carbonyl (C=O) groups excluding carboxylic acids is 1. The number of carbonyl (C=O) groups is 1. The highest BCUT2D eigenvalue weighted by Crippen LogP contribution is 2.36. The quantitative estimate of drug-likeness (QED) is 0.681. The summed E-state index contributed by atoms with van der Waals surface area (Å²) >= 11 is 1.56. The van der Waals surface area contributed by atoms with Crippen molar-refractivity contribution in [1.82, 2.24) is 0 Å². The van der Waals surface area contributed by atoms with Crippen LogP contribution >= 0.6 is 11.3 Å². The Bertz CT molecular complexity index is 711. The minimum atomic E-state index is -0.476. The second kappa shape index (κ2) is 5.86. The van der Waals surface area contributed by atoms with Gasteiger partial charge in [0.15, 0.2) is 0 Å². The molecule has 0 saturated carbocycles. The van der Waals surface area contributed by atoms with E-state index in [1.165, 1.54) is 24.3 Å². The second-order valence-corrected chi connectivity index (χ2v) is 6.13. The van der Waals surface area contributed by atoms with Gasteiger partial charge in [-0.1, -0.05) is 0 Å². The van der Waals surface area contributed by atoms with E-state index in [9.17, 15) is 14.9 Å². The third-order valence-corrected chi connectivity index (χ3v) is 4.81. The summed E-state index contributed by atoms with van der Waals surface area (Å²) in [6.07, 6.45) is 1.68. The van der Waals surface area contributed by atoms with Gasteiger partial charge in [0.2, 0.25) is 0 Å². The molecule has 0 spiro atoms. The van der Waals surface area contributed by atoms with E-state index in [1.54, 1.807) is 16.2 Å². The zero-order valence-corrected chi connectivity index (χ0v) is 12.6. The zero-order valence-electron chi connectivity index (χ0n) is 11.8. The van der Waals surface area contributed by atoms with Crippen LogP contribution in [0.4, 0.5) is 11.4 Å². The predicted octanol–water partition coefficient (Wildman–Crippen LogP) is 3.10. The molecule has 2 heterocycles. The Hall–Kier alpha value is -2.25. The Kier molecular flexibility index (Phi) is 3.91. The molecule has 0 saturated heterocycles. The predicted molar refractivity (Wildman–Crippen MR) is 85.3 cm³/mol. The van der Waals surface area contributed by atoms with E-state index in [0.717, 1.165) is 23.4 Å². The summed E-state index contributed by atoms with van der Waals surface area (Å²) in [7, 11) is 0. The van der Waals surface area contributed by atoms with Gasteiger partial charge in [-0.25, -0.2) is 0 Å². The monoisotopic (exact) mass is 317 g/mol. The van der Waals surface area contributed by atoms with E-state index < -0.39 is 4.92 Å². The molecule has 22 heavy (non-hydrogen) atoms. The molecule has 2 N–H and O–H groups in total. The first-order valence-electron chi connectivity index (χ1n) is 6.97. The van der Waals surface area contributed by atoms with Crippen molar-refractivity contribution in [3.63, 3.8) is 0 Å². The Morgan fingerprint density at radius 2 is 2.05 bits per heavy atom. The molecule has 1 aliphatic heterocycles. The normalized spacial score (nSPS) is 17.7. The molecule has 0 fully saturated rings. The lowest BCUT2D eigenvalue weighted by atomic mass is 10.1. The van der Waals surface area contributed by atoms with Crippen LogP contribution in [0.3, 0.4) is 0 Å². The summed E-state index contributed by atoms with van der Waals surface area (Å²) in [4.78, 5) is 25.7. The molecule has 0 aliphatic carbocycles. The zero-order chi connectivity index (χ0) is 15.7. The third-order valence-electron chi connectivity index (χ3n) is 3.77. The van der Waals surface area contributed by atoms with Crippen LogP contribution in [0.1, 0.15) is 34.1 Å². The van der Waals surface area contributed by atoms with E-state index >= 15 is 0 Å². The number of nitro groups is 1.